The summed E-state index contributed by atoms with van der Waals surface area (Å²) >= 11 is 0. The van der Waals surface area contributed by atoms with Gasteiger partial charge in [0.2, 0.25) is 0 Å². The molecule has 0 saturated carbocycles. The molecule has 6 nitrogen and oxygen atoms in total. The number of hydrogen-bond acceptors (Lipinski definition) is 3. The van der Waals surface area contributed by atoms with Gasteiger partial charge in [-0.2, -0.15) is 0 Å². The van der Waals surface area contributed by atoms with Gasteiger partial charge in [0.1, 0.15) is 0 Å². The molecule has 0 heterocycles. The van der Waals surface area contributed by atoms with Gasteiger partial charge in [0.15, 0.2) is 5.92 Å². The summed E-state index contributed by atoms with van der Waals surface area (Å²) < 4.78 is 0. The van der Waals surface area contributed by atoms with Crippen LogP contribution < -0.4 is 0 Å². The van der Waals surface area contributed by atoms with Crippen LogP contribution in [0.5, 0.6) is 0 Å². The molecular formula is C11H18O6. The second kappa shape index (κ2) is 7.65. The number of rotatable bonds is 9. The highest BCUT2D eigenvalue weighted by molar-refractivity contribution is 5.92. The van der Waals surface area contributed by atoms with Crippen LogP contribution in [0.4, 0.5) is 0 Å². The zero-order valence-electron chi connectivity index (χ0n) is 9.76. The molecule has 0 amide bonds. The monoisotopic (exact) mass is 246 g/mol. The van der Waals surface area contributed by atoms with Gasteiger partial charge in [-0.3, -0.25) is 14.4 Å². The molecule has 3 N–H and O–H groups in total. The van der Waals surface area contributed by atoms with Crippen LogP contribution in [-0.2, 0) is 14.4 Å². The Morgan fingerprint density at radius 3 is 1.82 bits per heavy atom. The van der Waals surface area contributed by atoms with Gasteiger partial charge in [-0.05, 0) is 25.2 Å². The van der Waals surface area contributed by atoms with Crippen LogP contribution in [0.25, 0.3) is 0 Å². The van der Waals surface area contributed by atoms with E-state index in [2.05, 4.69) is 0 Å². The van der Waals surface area contributed by atoms with Crippen molar-refractivity contribution < 1.29 is 29.7 Å². The lowest BCUT2D eigenvalue weighted by Gasteiger charge is -2.15. The van der Waals surface area contributed by atoms with Gasteiger partial charge >= 0.3 is 17.9 Å². The smallest absolute Gasteiger partial charge is 0.317 e. The zero-order valence-corrected chi connectivity index (χ0v) is 9.76. The number of carbonyl (C=O) groups is 3. The summed E-state index contributed by atoms with van der Waals surface area (Å²) in [5.74, 6) is -4.91. The van der Waals surface area contributed by atoms with Gasteiger partial charge in [-0.25, -0.2) is 0 Å². The quantitative estimate of drug-likeness (QED) is 0.531. The first kappa shape index (κ1) is 15.4. The summed E-state index contributed by atoms with van der Waals surface area (Å²) in [6.07, 6.45) is 1.68. The SMILES string of the molecule is CCC(CCC(=O)O)CCC(C(=O)O)C(=O)O. The minimum Gasteiger partial charge on any atom is -0.481 e. The first-order chi connectivity index (χ1) is 7.88. The fraction of sp³-hybridized carbons (Fsp3) is 0.727. The molecule has 0 aliphatic heterocycles. The fourth-order valence-electron chi connectivity index (χ4n) is 1.64. The topological polar surface area (TPSA) is 112 Å². The molecule has 17 heavy (non-hydrogen) atoms. The second-order valence-electron chi connectivity index (χ2n) is 4.01. The van der Waals surface area contributed by atoms with E-state index in [1.54, 1.807) is 0 Å². The van der Waals surface area contributed by atoms with Crippen molar-refractivity contribution in [3.8, 4) is 0 Å². The van der Waals surface area contributed by atoms with Crippen molar-refractivity contribution >= 4 is 17.9 Å². The van der Waals surface area contributed by atoms with Crippen molar-refractivity contribution in [2.45, 2.75) is 39.0 Å². The van der Waals surface area contributed by atoms with Crippen LogP contribution in [0.2, 0.25) is 0 Å². The molecule has 0 fully saturated rings. The maximum atomic E-state index is 10.6. The number of hydrogen-bond donors (Lipinski definition) is 3. The highest BCUT2D eigenvalue weighted by atomic mass is 16.4. The molecule has 0 aliphatic rings. The van der Waals surface area contributed by atoms with Crippen molar-refractivity contribution in [1.82, 2.24) is 0 Å². The second-order valence-corrected chi connectivity index (χ2v) is 4.01. The molecular weight excluding hydrogens is 228 g/mol. The lowest BCUT2D eigenvalue weighted by Crippen LogP contribution is -2.24. The van der Waals surface area contributed by atoms with Crippen molar-refractivity contribution in [2.75, 3.05) is 0 Å². The molecule has 1 atom stereocenters. The lowest BCUT2D eigenvalue weighted by atomic mass is 9.91. The Bertz CT molecular complexity index is 272. The third kappa shape index (κ3) is 6.55. The molecule has 0 rings (SSSR count). The summed E-state index contributed by atoms with van der Waals surface area (Å²) in [4.78, 5) is 31.7. The predicted octanol–water partition coefficient (Wildman–Crippen LogP) is 1.44. The van der Waals surface area contributed by atoms with Crippen molar-refractivity contribution in [2.24, 2.45) is 11.8 Å². The zero-order chi connectivity index (χ0) is 13.4. The van der Waals surface area contributed by atoms with Crippen molar-refractivity contribution in [3.05, 3.63) is 0 Å². The van der Waals surface area contributed by atoms with Crippen molar-refractivity contribution in [3.63, 3.8) is 0 Å². The minimum atomic E-state index is -1.39. The fourth-order valence-corrected chi connectivity index (χ4v) is 1.64. The number of aliphatic carboxylic acids is 3. The van der Waals surface area contributed by atoms with Gasteiger partial charge in [-0.1, -0.05) is 13.3 Å². The van der Waals surface area contributed by atoms with Gasteiger partial charge < -0.3 is 15.3 Å². The van der Waals surface area contributed by atoms with Crippen LogP contribution in [0, 0.1) is 11.8 Å². The standard InChI is InChI=1S/C11H18O6/c1-2-7(4-6-9(12)13)3-5-8(10(14)15)11(16)17/h7-8H,2-6H2,1H3,(H,12,13)(H,14,15)(H,16,17). The molecule has 0 aromatic carbocycles. The molecule has 0 aliphatic carbocycles. The summed E-state index contributed by atoms with van der Waals surface area (Å²) in [7, 11) is 0. The van der Waals surface area contributed by atoms with Crippen LogP contribution in [0.1, 0.15) is 39.0 Å². The first-order valence-electron chi connectivity index (χ1n) is 5.55. The normalized spacial score (nSPS) is 12.4. The molecule has 98 valence electrons. The lowest BCUT2D eigenvalue weighted by molar-refractivity contribution is -0.155. The third-order valence-corrected chi connectivity index (χ3v) is 2.80. The van der Waals surface area contributed by atoms with Crippen LogP contribution in [0.15, 0.2) is 0 Å². The van der Waals surface area contributed by atoms with Crippen LogP contribution in [0.3, 0.4) is 0 Å². The summed E-state index contributed by atoms with van der Waals surface area (Å²) in [6, 6.07) is 0. The Labute approximate surface area is 99.3 Å². The molecule has 0 aromatic heterocycles. The molecule has 6 heteroatoms. The van der Waals surface area contributed by atoms with Crippen molar-refractivity contribution in [1.29, 1.82) is 0 Å². The van der Waals surface area contributed by atoms with E-state index in [9.17, 15) is 14.4 Å². The average molecular weight is 246 g/mol. The Morgan fingerprint density at radius 2 is 1.47 bits per heavy atom. The Kier molecular flexibility index (Phi) is 6.93. The van der Waals surface area contributed by atoms with E-state index in [1.165, 1.54) is 0 Å². The first-order valence-corrected chi connectivity index (χ1v) is 5.55. The molecule has 0 bridgehead atoms. The average Bonchev–Trinajstić information content (AvgIpc) is 2.21. The van der Waals surface area contributed by atoms with E-state index in [0.717, 1.165) is 6.42 Å². The molecule has 0 spiro atoms. The van der Waals surface area contributed by atoms with Crippen LogP contribution in [-0.4, -0.2) is 33.2 Å². The minimum absolute atomic E-state index is 0.0311. The molecule has 1 unspecified atom stereocenters. The van der Waals surface area contributed by atoms with Crippen LogP contribution >= 0.6 is 0 Å². The highest BCUT2D eigenvalue weighted by Crippen LogP contribution is 2.20. The van der Waals surface area contributed by atoms with E-state index in [0.29, 0.717) is 12.8 Å². The summed E-state index contributed by atoms with van der Waals surface area (Å²) in [5, 5.41) is 25.9. The summed E-state index contributed by atoms with van der Waals surface area (Å²) in [6.45, 7) is 1.88. The van der Waals surface area contributed by atoms with Gasteiger partial charge in [0, 0.05) is 6.42 Å². The van der Waals surface area contributed by atoms with Gasteiger partial charge in [-0.15, -0.1) is 0 Å². The molecule has 0 aromatic rings. The number of carboxylic acid groups (broad SMARTS) is 3. The summed E-state index contributed by atoms with van der Waals surface area (Å²) in [5.41, 5.74) is 0. The maximum absolute atomic E-state index is 10.6. The Hall–Kier alpha value is -1.59. The third-order valence-electron chi connectivity index (χ3n) is 2.80. The van der Waals surface area contributed by atoms with E-state index in [1.807, 2.05) is 6.92 Å². The molecule has 0 saturated heterocycles. The number of carboxylic acids is 3. The van der Waals surface area contributed by atoms with Gasteiger partial charge in [0.05, 0.1) is 0 Å². The maximum Gasteiger partial charge on any atom is 0.317 e. The molecule has 0 radical (unpaired) electrons. The van der Waals surface area contributed by atoms with E-state index in [4.69, 9.17) is 15.3 Å². The Balaban J connectivity index is 4.15. The largest absolute Gasteiger partial charge is 0.481 e. The Morgan fingerprint density at radius 1 is 0.941 bits per heavy atom. The van der Waals surface area contributed by atoms with E-state index >= 15 is 0 Å². The van der Waals surface area contributed by atoms with Gasteiger partial charge in [0.25, 0.3) is 0 Å². The van der Waals surface area contributed by atoms with E-state index in [-0.39, 0.29) is 18.8 Å². The highest BCUT2D eigenvalue weighted by Gasteiger charge is 2.26. The van der Waals surface area contributed by atoms with E-state index < -0.39 is 23.8 Å². The predicted molar refractivity (Wildman–Crippen MR) is 58.6 cm³/mol.